The Bertz CT molecular complexity index is 589. The largest absolute Gasteiger partial charge is 0.395 e. The predicted molar refractivity (Wildman–Crippen MR) is 75.9 cm³/mol. The molecule has 0 aliphatic rings. The molecule has 0 atom stereocenters. The van der Waals surface area contributed by atoms with Crippen molar-refractivity contribution in [3.63, 3.8) is 0 Å². The Labute approximate surface area is 114 Å². The fourth-order valence-electron chi connectivity index (χ4n) is 1.74. The lowest BCUT2D eigenvalue weighted by molar-refractivity contribution is 0.765. The van der Waals surface area contributed by atoms with E-state index in [0.29, 0.717) is 11.5 Å². The molecule has 0 amide bonds. The topological polar surface area (TPSA) is 86.0 Å². The maximum Gasteiger partial charge on any atom is 0.166 e. The zero-order valence-corrected chi connectivity index (χ0v) is 12.1. The quantitative estimate of drug-likeness (QED) is 0.647. The van der Waals surface area contributed by atoms with Gasteiger partial charge in [0.2, 0.25) is 0 Å². The summed E-state index contributed by atoms with van der Waals surface area (Å²) in [6.45, 7) is 1.93. The van der Waals surface area contributed by atoms with Gasteiger partial charge in [0.1, 0.15) is 4.60 Å². The standard InChI is InChI=1S/C11H15BrN6/c1-6-4-7(8-5-9(12)16-18(8)3)15-11(10(6)13)17(2)14/h4-5H,13-14H2,1-3H3. The Hall–Kier alpha value is -1.60. The van der Waals surface area contributed by atoms with Crippen LogP contribution in [0.1, 0.15) is 5.56 Å². The van der Waals surface area contributed by atoms with Crippen molar-refractivity contribution in [3.05, 3.63) is 22.3 Å². The third-order valence-corrected chi connectivity index (χ3v) is 3.08. The number of hydrogen-bond acceptors (Lipinski definition) is 5. The Morgan fingerprint density at radius 2 is 2.06 bits per heavy atom. The molecule has 2 rings (SSSR count). The van der Waals surface area contributed by atoms with Gasteiger partial charge in [-0.05, 0) is 34.5 Å². The number of nitrogen functional groups attached to an aromatic ring is 1. The molecule has 0 radical (unpaired) electrons. The Morgan fingerprint density at radius 1 is 1.39 bits per heavy atom. The molecule has 0 aliphatic heterocycles. The summed E-state index contributed by atoms with van der Waals surface area (Å²) in [5, 5.41) is 5.65. The third kappa shape index (κ3) is 2.19. The summed E-state index contributed by atoms with van der Waals surface area (Å²) in [6.07, 6.45) is 0. The summed E-state index contributed by atoms with van der Waals surface area (Å²) >= 11 is 3.34. The molecule has 0 spiro atoms. The molecule has 0 aromatic carbocycles. The van der Waals surface area contributed by atoms with E-state index < -0.39 is 0 Å². The first-order valence-electron chi connectivity index (χ1n) is 5.35. The summed E-state index contributed by atoms with van der Waals surface area (Å²) in [6, 6.07) is 3.82. The van der Waals surface area contributed by atoms with E-state index in [0.717, 1.165) is 21.6 Å². The van der Waals surface area contributed by atoms with Crippen LogP contribution in [0.3, 0.4) is 0 Å². The van der Waals surface area contributed by atoms with Crippen molar-refractivity contribution < 1.29 is 0 Å². The molecule has 0 fully saturated rings. The average molecular weight is 311 g/mol. The molecule has 0 bridgehead atoms. The highest BCUT2D eigenvalue weighted by atomic mass is 79.9. The van der Waals surface area contributed by atoms with Crippen molar-refractivity contribution in [2.75, 3.05) is 17.8 Å². The highest BCUT2D eigenvalue weighted by molar-refractivity contribution is 9.10. The second-order valence-corrected chi connectivity index (χ2v) is 4.96. The molecule has 0 saturated carbocycles. The van der Waals surface area contributed by atoms with E-state index >= 15 is 0 Å². The van der Waals surface area contributed by atoms with Crippen molar-refractivity contribution in [3.8, 4) is 11.4 Å². The number of aromatic nitrogens is 3. The van der Waals surface area contributed by atoms with E-state index in [-0.39, 0.29) is 0 Å². The van der Waals surface area contributed by atoms with Gasteiger partial charge in [-0.25, -0.2) is 10.8 Å². The number of hydrazine groups is 1. The van der Waals surface area contributed by atoms with Gasteiger partial charge in [-0.2, -0.15) is 5.10 Å². The minimum absolute atomic E-state index is 0.558. The van der Waals surface area contributed by atoms with E-state index in [9.17, 15) is 0 Å². The monoisotopic (exact) mass is 310 g/mol. The number of pyridine rings is 1. The molecule has 0 saturated heterocycles. The first-order valence-corrected chi connectivity index (χ1v) is 6.15. The van der Waals surface area contributed by atoms with Gasteiger partial charge in [0.25, 0.3) is 0 Å². The maximum absolute atomic E-state index is 5.96. The molecular weight excluding hydrogens is 296 g/mol. The van der Waals surface area contributed by atoms with E-state index in [2.05, 4.69) is 26.0 Å². The number of aryl methyl sites for hydroxylation is 2. The van der Waals surface area contributed by atoms with Gasteiger partial charge in [0.15, 0.2) is 5.82 Å². The Morgan fingerprint density at radius 3 is 2.56 bits per heavy atom. The van der Waals surface area contributed by atoms with Crippen LogP contribution < -0.4 is 16.6 Å². The summed E-state index contributed by atoms with van der Waals surface area (Å²) in [5.41, 5.74) is 9.16. The average Bonchev–Trinajstić information content (AvgIpc) is 2.61. The lowest BCUT2D eigenvalue weighted by atomic mass is 10.1. The third-order valence-electron chi connectivity index (χ3n) is 2.69. The van der Waals surface area contributed by atoms with Crippen LogP contribution in [-0.4, -0.2) is 21.8 Å². The van der Waals surface area contributed by atoms with Crippen LogP contribution in [0.2, 0.25) is 0 Å². The number of nitrogens with two attached hydrogens (primary N) is 2. The van der Waals surface area contributed by atoms with E-state index in [1.54, 1.807) is 11.7 Å². The molecule has 2 aromatic rings. The van der Waals surface area contributed by atoms with Crippen molar-refractivity contribution in [2.24, 2.45) is 12.9 Å². The maximum atomic E-state index is 5.96. The van der Waals surface area contributed by atoms with Gasteiger partial charge in [-0.15, -0.1) is 0 Å². The van der Waals surface area contributed by atoms with Crippen molar-refractivity contribution in [1.29, 1.82) is 0 Å². The molecule has 0 aliphatic carbocycles. The van der Waals surface area contributed by atoms with Gasteiger partial charge in [0, 0.05) is 20.2 Å². The first-order chi connectivity index (χ1) is 8.40. The van der Waals surface area contributed by atoms with Crippen LogP contribution >= 0.6 is 15.9 Å². The normalized spacial score (nSPS) is 10.7. The van der Waals surface area contributed by atoms with Crippen LogP contribution in [0.4, 0.5) is 11.5 Å². The minimum Gasteiger partial charge on any atom is -0.395 e. The number of nitrogens with zero attached hydrogens (tertiary/aromatic N) is 4. The fourth-order valence-corrected chi connectivity index (χ4v) is 2.19. The zero-order chi connectivity index (χ0) is 13.4. The second-order valence-electron chi connectivity index (χ2n) is 4.15. The summed E-state index contributed by atoms with van der Waals surface area (Å²) < 4.78 is 2.52. The van der Waals surface area contributed by atoms with Gasteiger partial charge in [-0.3, -0.25) is 9.69 Å². The van der Waals surface area contributed by atoms with Crippen LogP contribution in [-0.2, 0) is 7.05 Å². The SMILES string of the molecule is Cc1cc(-c2cc(Br)nn2C)nc(N(C)N)c1N. The molecule has 0 unspecified atom stereocenters. The lowest BCUT2D eigenvalue weighted by Crippen LogP contribution is -2.27. The second kappa shape index (κ2) is 4.58. The van der Waals surface area contributed by atoms with E-state index in [1.165, 1.54) is 5.01 Å². The summed E-state index contributed by atoms with van der Waals surface area (Å²) in [7, 11) is 3.57. The number of hydrogen-bond donors (Lipinski definition) is 2. The van der Waals surface area contributed by atoms with Crippen molar-refractivity contribution in [2.45, 2.75) is 6.92 Å². The van der Waals surface area contributed by atoms with Crippen LogP contribution in [0.5, 0.6) is 0 Å². The number of rotatable bonds is 2. The highest BCUT2D eigenvalue weighted by Gasteiger charge is 2.13. The van der Waals surface area contributed by atoms with Crippen LogP contribution in [0.15, 0.2) is 16.7 Å². The van der Waals surface area contributed by atoms with Crippen LogP contribution in [0.25, 0.3) is 11.4 Å². The molecule has 6 nitrogen and oxygen atoms in total. The van der Waals surface area contributed by atoms with Crippen molar-refractivity contribution in [1.82, 2.24) is 14.8 Å². The molecule has 4 N–H and O–H groups in total. The molecule has 96 valence electrons. The predicted octanol–water partition coefficient (Wildman–Crippen LogP) is 1.45. The zero-order valence-electron chi connectivity index (χ0n) is 10.5. The Balaban J connectivity index is 2.62. The minimum atomic E-state index is 0.558. The van der Waals surface area contributed by atoms with Crippen molar-refractivity contribution >= 4 is 27.4 Å². The van der Waals surface area contributed by atoms with Crippen LogP contribution in [0, 0.1) is 6.92 Å². The first kappa shape index (κ1) is 12.8. The lowest BCUT2D eigenvalue weighted by Gasteiger charge is -2.16. The van der Waals surface area contributed by atoms with Gasteiger partial charge in [0.05, 0.1) is 17.1 Å². The smallest absolute Gasteiger partial charge is 0.166 e. The molecule has 2 heterocycles. The molecular formula is C11H15BrN6. The molecule has 7 heteroatoms. The number of anilines is 2. The summed E-state index contributed by atoms with van der Waals surface area (Å²) in [4.78, 5) is 4.47. The Kier molecular flexibility index (Phi) is 3.27. The van der Waals surface area contributed by atoms with E-state index in [4.69, 9.17) is 11.6 Å². The van der Waals surface area contributed by atoms with Gasteiger partial charge < -0.3 is 5.73 Å². The van der Waals surface area contributed by atoms with Gasteiger partial charge in [-0.1, -0.05) is 0 Å². The summed E-state index contributed by atoms with van der Waals surface area (Å²) in [5.74, 6) is 6.29. The number of halogens is 1. The highest BCUT2D eigenvalue weighted by Crippen LogP contribution is 2.28. The molecule has 2 aromatic heterocycles. The van der Waals surface area contributed by atoms with Gasteiger partial charge >= 0.3 is 0 Å². The molecule has 18 heavy (non-hydrogen) atoms. The van der Waals surface area contributed by atoms with E-state index in [1.807, 2.05) is 26.1 Å². The fraction of sp³-hybridized carbons (Fsp3) is 0.273.